The molecule has 1 saturated carbocycles. The maximum Gasteiger partial charge on any atom is 0.139 e. The van der Waals surface area contributed by atoms with Crippen molar-refractivity contribution >= 4 is 5.78 Å². The lowest BCUT2D eigenvalue weighted by molar-refractivity contribution is -0.128. The molecular formula is C10H16O. The van der Waals surface area contributed by atoms with Gasteiger partial charge in [0.15, 0.2) is 0 Å². The second-order valence-corrected chi connectivity index (χ2v) is 3.46. The summed E-state index contributed by atoms with van der Waals surface area (Å²) >= 11 is 0. The number of Topliss-reactive ketones (excluding diaryl/α,β-unsaturated/α-hetero) is 1. The quantitative estimate of drug-likeness (QED) is 0.556. The highest BCUT2D eigenvalue weighted by atomic mass is 16.1. The fourth-order valence-corrected chi connectivity index (χ4v) is 1.79. The lowest BCUT2D eigenvalue weighted by Gasteiger charge is -2.24. The Morgan fingerprint density at radius 3 is 3.00 bits per heavy atom. The lowest BCUT2D eigenvalue weighted by atomic mass is 9.80. The molecule has 1 heteroatoms. The maximum atomic E-state index is 11.5. The normalized spacial score (nSPS) is 31.9. The summed E-state index contributed by atoms with van der Waals surface area (Å²) in [5, 5.41) is 0. The summed E-state index contributed by atoms with van der Waals surface area (Å²) in [6.07, 6.45) is 6.12. The van der Waals surface area contributed by atoms with Gasteiger partial charge in [-0.2, -0.15) is 0 Å². The highest BCUT2D eigenvalue weighted by Crippen LogP contribution is 2.27. The molecule has 0 amide bonds. The number of allylic oxidation sites excluding steroid dienone is 1. The van der Waals surface area contributed by atoms with Gasteiger partial charge in [-0.1, -0.05) is 19.4 Å². The molecule has 0 saturated heterocycles. The minimum absolute atomic E-state index is 0.288. The number of hydrogen-bond donors (Lipinski definition) is 0. The Hall–Kier alpha value is -0.590. The van der Waals surface area contributed by atoms with Crippen LogP contribution in [0.1, 0.15) is 32.6 Å². The molecule has 0 aromatic rings. The summed E-state index contributed by atoms with van der Waals surface area (Å²) in [5.74, 6) is 1.04. The van der Waals surface area contributed by atoms with Crippen LogP contribution < -0.4 is 0 Å². The van der Waals surface area contributed by atoms with Gasteiger partial charge < -0.3 is 0 Å². The highest BCUT2D eigenvalue weighted by Gasteiger charge is 2.26. The summed E-state index contributed by atoms with van der Waals surface area (Å²) in [7, 11) is 0. The van der Waals surface area contributed by atoms with Crippen LogP contribution in [0.3, 0.4) is 0 Å². The molecule has 11 heavy (non-hydrogen) atoms. The van der Waals surface area contributed by atoms with E-state index in [1.165, 1.54) is 6.42 Å². The Balaban J connectivity index is 2.51. The van der Waals surface area contributed by atoms with Crippen LogP contribution in [0.15, 0.2) is 12.7 Å². The van der Waals surface area contributed by atoms with Crippen molar-refractivity contribution in [3.05, 3.63) is 12.7 Å². The van der Waals surface area contributed by atoms with E-state index in [2.05, 4.69) is 6.58 Å². The van der Waals surface area contributed by atoms with Crippen molar-refractivity contribution in [3.63, 3.8) is 0 Å². The first-order valence-electron chi connectivity index (χ1n) is 4.40. The third-order valence-corrected chi connectivity index (χ3v) is 2.53. The van der Waals surface area contributed by atoms with E-state index in [4.69, 9.17) is 0 Å². The van der Waals surface area contributed by atoms with E-state index in [9.17, 15) is 4.79 Å². The Morgan fingerprint density at radius 2 is 2.36 bits per heavy atom. The predicted octanol–water partition coefficient (Wildman–Crippen LogP) is 2.57. The minimum atomic E-state index is 0.288. The summed E-state index contributed by atoms with van der Waals surface area (Å²) in [4.78, 5) is 11.5. The van der Waals surface area contributed by atoms with Gasteiger partial charge in [-0.05, 0) is 19.3 Å². The molecular weight excluding hydrogens is 136 g/mol. The van der Waals surface area contributed by atoms with E-state index in [1.54, 1.807) is 0 Å². The van der Waals surface area contributed by atoms with Gasteiger partial charge in [0.2, 0.25) is 0 Å². The molecule has 0 aromatic heterocycles. The fraction of sp³-hybridized carbons (Fsp3) is 0.700. The molecule has 0 spiro atoms. The Bertz CT molecular complexity index is 160. The molecule has 1 fully saturated rings. The zero-order chi connectivity index (χ0) is 8.27. The summed E-state index contributed by atoms with van der Waals surface area (Å²) in [6, 6.07) is 0. The first kappa shape index (κ1) is 8.51. The van der Waals surface area contributed by atoms with Crippen molar-refractivity contribution in [2.24, 2.45) is 11.8 Å². The van der Waals surface area contributed by atoms with Crippen molar-refractivity contribution in [1.29, 1.82) is 0 Å². The van der Waals surface area contributed by atoms with Crippen LogP contribution in [0.2, 0.25) is 0 Å². The molecule has 0 unspecified atom stereocenters. The lowest BCUT2D eigenvalue weighted by Crippen LogP contribution is -2.25. The molecule has 1 nitrogen and oxygen atoms in total. The number of ketones is 1. The van der Waals surface area contributed by atoms with Crippen LogP contribution in [0.4, 0.5) is 0 Å². The maximum absolute atomic E-state index is 11.5. The molecule has 0 bridgehead atoms. The van der Waals surface area contributed by atoms with Gasteiger partial charge in [-0.25, -0.2) is 0 Å². The molecule has 0 aromatic carbocycles. The SMILES string of the molecule is C=CC[C@@H]1CCC[C@@H](C)C1=O. The van der Waals surface area contributed by atoms with E-state index >= 15 is 0 Å². The van der Waals surface area contributed by atoms with Crippen LogP contribution in [0.25, 0.3) is 0 Å². The van der Waals surface area contributed by atoms with Crippen LogP contribution in [-0.4, -0.2) is 5.78 Å². The number of rotatable bonds is 2. The van der Waals surface area contributed by atoms with Gasteiger partial charge >= 0.3 is 0 Å². The number of hydrogen-bond acceptors (Lipinski definition) is 1. The van der Waals surface area contributed by atoms with Crippen LogP contribution in [0, 0.1) is 11.8 Å². The first-order chi connectivity index (χ1) is 5.25. The average molecular weight is 152 g/mol. The second-order valence-electron chi connectivity index (χ2n) is 3.46. The van der Waals surface area contributed by atoms with Crippen molar-refractivity contribution in [2.45, 2.75) is 32.6 Å². The van der Waals surface area contributed by atoms with Crippen molar-refractivity contribution in [1.82, 2.24) is 0 Å². The Labute approximate surface area is 68.5 Å². The molecule has 1 aliphatic rings. The van der Waals surface area contributed by atoms with Crippen molar-refractivity contribution < 1.29 is 4.79 Å². The van der Waals surface area contributed by atoms with Gasteiger partial charge in [0, 0.05) is 11.8 Å². The molecule has 0 radical (unpaired) electrons. The van der Waals surface area contributed by atoms with Gasteiger partial charge in [-0.3, -0.25) is 4.79 Å². The molecule has 0 N–H and O–H groups in total. The van der Waals surface area contributed by atoms with Crippen molar-refractivity contribution in [2.75, 3.05) is 0 Å². The molecule has 0 heterocycles. The Morgan fingerprint density at radius 1 is 1.64 bits per heavy atom. The van der Waals surface area contributed by atoms with Gasteiger partial charge in [-0.15, -0.1) is 6.58 Å². The molecule has 1 rings (SSSR count). The van der Waals surface area contributed by atoms with Crippen LogP contribution in [0.5, 0.6) is 0 Å². The predicted molar refractivity (Wildman–Crippen MR) is 46.3 cm³/mol. The smallest absolute Gasteiger partial charge is 0.139 e. The zero-order valence-corrected chi connectivity index (χ0v) is 7.18. The molecule has 2 atom stereocenters. The molecule has 62 valence electrons. The van der Waals surface area contributed by atoms with E-state index in [-0.39, 0.29) is 5.92 Å². The number of carbonyl (C=O) groups is 1. The van der Waals surface area contributed by atoms with Crippen LogP contribution >= 0.6 is 0 Å². The van der Waals surface area contributed by atoms with Gasteiger partial charge in [0.1, 0.15) is 5.78 Å². The van der Waals surface area contributed by atoms with Gasteiger partial charge in [0.25, 0.3) is 0 Å². The standard InChI is InChI=1S/C10H16O/c1-3-5-9-7-4-6-8(2)10(9)11/h3,8-9H,1,4-7H2,2H3/t8-,9-/m1/s1. The third-order valence-electron chi connectivity index (χ3n) is 2.53. The van der Waals surface area contributed by atoms with E-state index in [0.29, 0.717) is 11.7 Å². The van der Waals surface area contributed by atoms with E-state index < -0.39 is 0 Å². The monoisotopic (exact) mass is 152 g/mol. The van der Waals surface area contributed by atoms with Crippen molar-refractivity contribution in [3.8, 4) is 0 Å². The summed E-state index contributed by atoms with van der Waals surface area (Å²) in [5.41, 5.74) is 0. The average Bonchev–Trinajstić information content (AvgIpc) is 1.99. The van der Waals surface area contributed by atoms with Gasteiger partial charge in [0.05, 0.1) is 0 Å². The third kappa shape index (κ3) is 1.92. The summed E-state index contributed by atoms with van der Waals surface area (Å²) < 4.78 is 0. The fourth-order valence-electron chi connectivity index (χ4n) is 1.79. The summed E-state index contributed by atoms with van der Waals surface area (Å²) in [6.45, 7) is 5.70. The van der Waals surface area contributed by atoms with Crippen LogP contribution in [-0.2, 0) is 4.79 Å². The topological polar surface area (TPSA) is 17.1 Å². The molecule has 1 aliphatic carbocycles. The molecule has 0 aliphatic heterocycles. The second kappa shape index (κ2) is 3.70. The minimum Gasteiger partial charge on any atom is -0.299 e. The largest absolute Gasteiger partial charge is 0.299 e. The number of carbonyl (C=O) groups excluding carboxylic acids is 1. The zero-order valence-electron chi connectivity index (χ0n) is 7.18. The van der Waals surface area contributed by atoms with E-state index in [1.807, 2.05) is 13.0 Å². The highest BCUT2D eigenvalue weighted by molar-refractivity contribution is 5.83. The first-order valence-corrected chi connectivity index (χ1v) is 4.40. The Kier molecular flexibility index (Phi) is 2.86. The van der Waals surface area contributed by atoms with E-state index in [0.717, 1.165) is 19.3 Å².